The number of aromatic hydroxyl groups is 2. The number of fused-ring (bicyclic) bond motifs is 1. The Morgan fingerprint density at radius 2 is 1.80 bits per heavy atom. The quantitative estimate of drug-likeness (QED) is 0.743. The molecule has 5 nitrogen and oxygen atoms in total. The number of hydrogen-bond donors (Lipinski definition) is 2. The second-order valence-corrected chi connectivity index (χ2v) is 6.63. The summed E-state index contributed by atoms with van der Waals surface area (Å²) in [6.45, 7) is 4.64. The highest BCUT2D eigenvalue weighted by Crippen LogP contribution is 2.38. The number of nitrogens with zero attached hydrogens (tertiary/aromatic N) is 3. The monoisotopic (exact) mass is 335 g/mol. The van der Waals surface area contributed by atoms with Crippen molar-refractivity contribution in [1.29, 1.82) is 0 Å². The summed E-state index contributed by atoms with van der Waals surface area (Å²) in [5.41, 5.74) is 4.70. The second kappa shape index (κ2) is 5.92. The molecule has 2 aromatic heterocycles. The van der Waals surface area contributed by atoms with E-state index in [9.17, 15) is 10.2 Å². The van der Waals surface area contributed by atoms with Gasteiger partial charge in [0.2, 0.25) is 0 Å². The molecule has 0 saturated heterocycles. The van der Waals surface area contributed by atoms with Crippen LogP contribution in [0.3, 0.4) is 0 Å². The zero-order valence-electron chi connectivity index (χ0n) is 14.5. The van der Waals surface area contributed by atoms with Gasteiger partial charge in [0.05, 0.1) is 5.56 Å². The van der Waals surface area contributed by atoms with Gasteiger partial charge >= 0.3 is 0 Å². The predicted octanol–water partition coefficient (Wildman–Crippen LogP) is 3.98. The Bertz CT molecular complexity index is 933. The molecule has 1 aliphatic heterocycles. The minimum Gasteiger partial charge on any atom is -0.507 e. The molecule has 3 aromatic rings. The molecule has 0 radical (unpaired) electrons. The van der Waals surface area contributed by atoms with Gasteiger partial charge in [0.25, 0.3) is 0 Å². The molecule has 0 saturated carbocycles. The van der Waals surface area contributed by atoms with Gasteiger partial charge in [-0.05, 0) is 56.9 Å². The molecular formula is C20H21N3O2. The summed E-state index contributed by atoms with van der Waals surface area (Å²) in [4.78, 5) is 9.33. The maximum absolute atomic E-state index is 10.5. The fourth-order valence-electron chi connectivity index (χ4n) is 3.50. The van der Waals surface area contributed by atoms with Crippen LogP contribution in [0.1, 0.15) is 29.8 Å². The summed E-state index contributed by atoms with van der Waals surface area (Å²) in [5, 5.41) is 20.8. The van der Waals surface area contributed by atoms with Crippen LogP contribution in [0.5, 0.6) is 11.5 Å². The van der Waals surface area contributed by atoms with Gasteiger partial charge in [0.15, 0.2) is 0 Å². The highest BCUT2D eigenvalue weighted by atomic mass is 16.3. The molecule has 5 heteroatoms. The van der Waals surface area contributed by atoms with Crippen molar-refractivity contribution in [3.8, 4) is 34.3 Å². The minimum absolute atomic E-state index is 0.136. The molecule has 0 aliphatic carbocycles. The second-order valence-electron chi connectivity index (χ2n) is 6.63. The molecule has 4 rings (SSSR count). The Kier molecular flexibility index (Phi) is 3.71. The number of phenolic OH excluding ortho intramolecular Hbond substituents is 1. The van der Waals surface area contributed by atoms with Crippen molar-refractivity contribution in [2.24, 2.45) is 0 Å². The minimum atomic E-state index is 0.136. The first-order chi connectivity index (χ1) is 12.1. The number of benzene rings is 1. The van der Waals surface area contributed by atoms with Crippen molar-refractivity contribution in [2.45, 2.75) is 39.7 Å². The number of aryl methyl sites for hydroxylation is 2. The molecule has 0 spiro atoms. The molecule has 1 aliphatic rings. The Morgan fingerprint density at radius 3 is 2.64 bits per heavy atom. The summed E-state index contributed by atoms with van der Waals surface area (Å²) in [6.07, 6.45) is 3.06. The van der Waals surface area contributed by atoms with Crippen LogP contribution in [0, 0.1) is 13.8 Å². The SMILES string of the molecule is Cc1ccc(O)c(-c2nc(-c3cccc(C)c3O)n3c2CCCC3)n1. The normalized spacial score (nSPS) is 13.7. The van der Waals surface area contributed by atoms with Gasteiger partial charge in [-0.15, -0.1) is 0 Å². The van der Waals surface area contributed by atoms with Crippen molar-refractivity contribution < 1.29 is 10.2 Å². The third-order valence-electron chi connectivity index (χ3n) is 4.83. The van der Waals surface area contributed by atoms with E-state index in [2.05, 4.69) is 9.55 Å². The topological polar surface area (TPSA) is 71.2 Å². The molecule has 2 N–H and O–H groups in total. The van der Waals surface area contributed by atoms with E-state index in [1.54, 1.807) is 12.1 Å². The zero-order valence-corrected chi connectivity index (χ0v) is 14.5. The first-order valence-electron chi connectivity index (χ1n) is 8.61. The van der Waals surface area contributed by atoms with Crippen LogP contribution in [0.2, 0.25) is 0 Å². The van der Waals surface area contributed by atoms with Gasteiger partial charge in [-0.25, -0.2) is 9.97 Å². The van der Waals surface area contributed by atoms with E-state index in [-0.39, 0.29) is 11.5 Å². The molecule has 3 heterocycles. The Hall–Kier alpha value is -2.82. The molecule has 0 atom stereocenters. The fraction of sp³-hybridized carbons (Fsp3) is 0.300. The van der Waals surface area contributed by atoms with Crippen LogP contribution < -0.4 is 0 Å². The van der Waals surface area contributed by atoms with Gasteiger partial charge in [-0.2, -0.15) is 0 Å². The number of hydrogen-bond acceptors (Lipinski definition) is 4. The van der Waals surface area contributed by atoms with E-state index in [0.717, 1.165) is 59.8 Å². The van der Waals surface area contributed by atoms with Gasteiger partial charge in [0.1, 0.15) is 28.7 Å². The van der Waals surface area contributed by atoms with Gasteiger partial charge in [-0.1, -0.05) is 12.1 Å². The predicted molar refractivity (Wildman–Crippen MR) is 96.6 cm³/mol. The highest BCUT2D eigenvalue weighted by Gasteiger charge is 2.25. The number of imidazole rings is 1. The molecule has 0 amide bonds. The summed E-state index contributed by atoms with van der Waals surface area (Å²) >= 11 is 0. The molecule has 0 fully saturated rings. The maximum Gasteiger partial charge on any atom is 0.144 e. The number of pyridine rings is 1. The van der Waals surface area contributed by atoms with Crippen molar-refractivity contribution in [1.82, 2.24) is 14.5 Å². The lowest BCUT2D eigenvalue weighted by molar-refractivity contribution is 0.471. The van der Waals surface area contributed by atoms with Crippen LogP contribution in [0.4, 0.5) is 0 Å². The molecule has 0 unspecified atom stereocenters. The highest BCUT2D eigenvalue weighted by molar-refractivity contribution is 5.73. The zero-order chi connectivity index (χ0) is 17.6. The summed E-state index contributed by atoms with van der Waals surface area (Å²) in [6, 6.07) is 9.15. The van der Waals surface area contributed by atoms with Crippen LogP contribution in [0.25, 0.3) is 22.8 Å². The molecular weight excluding hydrogens is 314 g/mol. The standard InChI is InChI=1S/C20H21N3O2/c1-12-6-5-7-14(19(12)25)20-22-17(15-8-3-4-11-23(15)20)18-16(24)10-9-13(2)21-18/h5-7,9-10,24-25H,3-4,8,11H2,1-2H3. The van der Waals surface area contributed by atoms with Crippen LogP contribution in [0.15, 0.2) is 30.3 Å². The van der Waals surface area contributed by atoms with Crippen molar-refractivity contribution in [3.05, 3.63) is 47.3 Å². The third-order valence-corrected chi connectivity index (χ3v) is 4.83. The lowest BCUT2D eigenvalue weighted by Crippen LogP contribution is -2.11. The Morgan fingerprint density at radius 1 is 0.960 bits per heavy atom. The van der Waals surface area contributed by atoms with E-state index in [4.69, 9.17) is 4.98 Å². The van der Waals surface area contributed by atoms with Gasteiger partial charge in [-0.3, -0.25) is 0 Å². The average Bonchev–Trinajstić information content (AvgIpc) is 2.99. The van der Waals surface area contributed by atoms with E-state index >= 15 is 0 Å². The maximum atomic E-state index is 10.5. The third kappa shape index (κ3) is 2.56. The molecule has 0 bridgehead atoms. The fourth-order valence-corrected chi connectivity index (χ4v) is 3.50. The summed E-state index contributed by atoms with van der Waals surface area (Å²) in [5.74, 6) is 1.14. The van der Waals surface area contributed by atoms with Crippen LogP contribution in [-0.2, 0) is 13.0 Å². The van der Waals surface area contributed by atoms with Crippen molar-refractivity contribution >= 4 is 0 Å². The first kappa shape index (κ1) is 15.7. The van der Waals surface area contributed by atoms with Crippen LogP contribution in [-0.4, -0.2) is 24.7 Å². The average molecular weight is 335 g/mol. The number of aromatic nitrogens is 3. The molecule has 1 aromatic carbocycles. The summed E-state index contributed by atoms with van der Waals surface area (Å²) < 4.78 is 2.16. The summed E-state index contributed by atoms with van der Waals surface area (Å²) in [7, 11) is 0. The molecule has 128 valence electrons. The number of phenols is 1. The number of para-hydroxylation sites is 1. The van der Waals surface area contributed by atoms with Crippen molar-refractivity contribution in [3.63, 3.8) is 0 Å². The van der Waals surface area contributed by atoms with Crippen LogP contribution >= 0.6 is 0 Å². The Labute approximate surface area is 146 Å². The van der Waals surface area contributed by atoms with E-state index in [0.29, 0.717) is 5.69 Å². The Balaban J connectivity index is 1.97. The van der Waals surface area contributed by atoms with E-state index in [1.807, 2.05) is 32.0 Å². The lowest BCUT2D eigenvalue weighted by atomic mass is 10.1. The number of rotatable bonds is 2. The smallest absolute Gasteiger partial charge is 0.144 e. The first-order valence-corrected chi connectivity index (χ1v) is 8.61. The van der Waals surface area contributed by atoms with E-state index < -0.39 is 0 Å². The molecule has 25 heavy (non-hydrogen) atoms. The van der Waals surface area contributed by atoms with Gasteiger partial charge in [0, 0.05) is 17.9 Å². The largest absolute Gasteiger partial charge is 0.507 e. The van der Waals surface area contributed by atoms with Gasteiger partial charge < -0.3 is 14.8 Å². The lowest BCUT2D eigenvalue weighted by Gasteiger charge is -2.18. The van der Waals surface area contributed by atoms with E-state index in [1.165, 1.54) is 0 Å². The van der Waals surface area contributed by atoms with Crippen molar-refractivity contribution in [2.75, 3.05) is 0 Å².